The molecule has 0 saturated heterocycles. The van der Waals surface area contributed by atoms with Crippen molar-refractivity contribution in [2.45, 2.75) is 26.2 Å². The van der Waals surface area contributed by atoms with Crippen LogP contribution in [0.5, 0.6) is 5.75 Å². The van der Waals surface area contributed by atoms with Gasteiger partial charge in [-0.25, -0.2) is 0 Å². The van der Waals surface area contributed by atoms with Crippen molar-refractivity contribution in [1.29, 1.82) is 0 Å². The van der Waals surface area contributed by atoms with E-state index in [1.165, 1.54) is 16.9 Å². The van der Waals surface area contributed by atoms with Gasteiger partial charge >= 0.3 is 0 Å². The van der Waals surface area contributed by atoms with E-state index in [0.717, 1.165) is 57.2 Å². The van der Waals surface area contributed by atoms with Crippen LogP contribution in [0.4, 0.5) is 0 Å². The van der Waals surface area contributed by atoms with Gasteiger partial charge in [0.1, 0.15) is 5.75 Å². The Morgan fingerprint density at radius 2 is 2.22 bits per heavy atom. The summed E-state index contributed by atoms with van der Waals surface area (Å²) < 4.78 is 5.55. The highest BCUT2D eigenvalue weighted by Crippen LogP contribution is 2.25. The summed E-state index contributed by atoms with van der Waals surface area (Å²) in [5.41, 5.74) is 2.70. The van der Waals surface area contributed by atoms with E-state index in [2.05, 4.69) is 47.0 Å². The highest BCUT2D eigenvalue weighted by atomic mass is 127. The molecular weight excluding hydrogens is 421 g/mol. The molecule has 1 aromatic carbocycles. The number of hydrogen-bond acceptors (Lipinski definition) is 3. The number of guanidine groups is 1. The molecule has 1 aliphatic heterocycles. The Kier molecular flexibility index (Phi) is 10.5. The molecule has 1 aliphatic rings. The first-order valence-electron chi connectivity index (χ1n) is 8.09. The Morgan fingerprint density at radius 1 is 1.35 bits per heavy atom. The third kappa shape index (κ3) is 7.20. The number of thioether (sulfide) groups is 1. The number of hydrogen-bond donors (Lipinski definition) is 2. The largest absolute Gasteiger partial charge is 0.493 e. The van der Waals surface area contributed by atoms with Gasteiger partial charge in [-0.05, 0) is 49.0 Å². The van der Waals surface area contributed by atoms with Crippen molar-refractivity contribution in [1.82, 2.24) is 10.6 Å². The number of aliphatic imine (C=N–C) groups is 1. The van der Waals surface area contributed by atoms with E-state index in [1.807, 2.05) is 11.8 Å². The molecule has 4 nitrogen and oxygen atoms in total. The molecule has 0 radical (unpaired) electrons. The SMILES string of the molecule is CCNC(=NCCCSC)NCCc1ccc2c(c1)CCO2.I. The molecule has 0 aromatic heterocycles. The summed E-state index contributed by atoms with van der Waals surface area (Å²) in [5.74, 6) is 3.15. The van der Waals surface area contributed by atoms with Crippen LogP contribution in [0.25, 0.3) is 0 Å². The molecule has 0 atom stereocenters. The molecule has 0 bridgehead atoms. The normalized spacial score (nSPS) is 13.0. The fourth-order valence-electron chi connectivity index (χ4n) is 2.46. The highest BCUT2D eigenvalue weighted by molar-refractivity contribution is 14.0. The first kappa shape index (κ1) is 20.4. The first-order valence-corrected chi connectivity index (χ1v) is 9.48. The van der Waals surface area contributed by atoms with Crippen LogP contribution in [-0.2, 0) is 12.8 Å². The molecule has 1 heterocycles. The Hall–Kier alpha value is -0.630. The average molecular weight is 449 g/mol. The third-order valence-electron chi connectivity index (χ3n) is 3.58. The second-order valence-electron chi connectivity index (χ2n) is 5.32. The van der Waals surface area contributed by atoms with Crippen LogP contribution in [0, 0.1) is 0 Å². The van der Waals surface area contributed by atoms with Crippen molar-refractivity contribution in [2.24, 2.45) is 4.99 Å². The number of nitrogens with one attached hydrogen (secondary N) is 2. The molecule has 0 spiro atoms. The average Bonchev–Trinajstić information content (AvgIpc) is 2.99. The highest BCUT2D eigenvalue weighted by Gasteiger charge is 2.11. The van der Waals surface area contributed by atoms with Crippen molar-refractivity contribution in [3.63, 3.8) is 0 Å². The summed E-state index contributed by atoms with van der Waals surface area (Å²) in [5, 5.41) is 6.71. The molecule has 6 heteroatoms. The second-order valence-corrected chi connectivity index (χ2v) is 6.31. The zero-order chi connectivity index (χ0) is 15.6. The van der Waals surface area contributed by atoms with Crippen LogP contribution >= 0.6 is 35.7 Å². The lowest BCUT2D eigenvalue weighted by molar-refractivity contribution is 0.357. The van der Waals surface area contributed by atoms with E-state index >= 15 is 0 Å². The smallest absolute Gasteiger partial charge is 0.191 e. The topological polar surface area (TPSA) is 45.7 Å². The van der Waals surface area contributed by atoms with Gasteiger partial charge in [-0.2, -0.15) is 11.8 Å². The summed E-state index contributed by atoms with van der Waals surface area (Å²) in [6.45, 7) is 5.59. The Morgan fingerprint density at radius 3 is 3.00 bits per heavy atom. The van der Waals surface area contributed by atoms with E-state index in [1.54, 1.807) is 0 Å². The van der Waals surface area contributed by atoms with Crippen LogP contribution in [0.3, 0.4) is 0 Å². The molecule has 0 amide bonds. The van der Waals surface area contributed by atoms with Crippen molar-refractivity contribution in [3.8, 4) is 5.75 Å². The zero-order valence-electron chi connectivity index (χ0n) is 14.1. The Labute approximate surface area is 161 Å². The van der Waals surface area contributed by atoms with Crippen LogP contribution in [0.1, 0.15) is 24.5 Å². The fourth-order valence-corrected chi connectivity index (χ4v) is 2.88. The predicted octanol–water partition coefficient (Wildman–Crippen LogP) is 3.09. The summed E-state index contributed by atoms with van der Waals surface area (Å²) in [7, 11) is 0. The van der Waals surface area contributed by atoms with Gasteiger partial charge in [0.15, 0.2) is 5.96 Å². The van der Waals surface area contributed by atoms with Gasteiger partial charge in [0.2, 0.25) is 0 Å². The molecule has 2 N–H and O–H groups in total. The maximum Gasteiger partial charge on any atom is 0.191 e. The summed E-state index contributed by atoms with van der Waals surface area (Å²) in [6.07, 6.45) is 5.30. The van der Waals surface area contributed by atoms with Crippen LogP contribution in [-0.4, -0.2) is 44.2 Å². The molecule has 130 valence electrons. The number of nitrogens with zero attached hydrogens (tertiary/aromatic N) is 1. The number of benzene rings is 1. The van der Waals surface area contributed by atoms with Gasteiger partial charge < -0.3 is 15.4 Å². The molecule has 1 aromatic rings. The van der Waals surface area contributed by atoms with Gasteiger partial charge in [0.25, 0.3) is 0 Å². The van der Waals surface area contributed by atoms with E-state index in [0.29, 0.717) is 0 Å². The van der Waals surface area contributed by atoms with Gasteiger partial charge in [-0.15, -0.1) is 24.0 Å². The molecule has 0 unspecified atom stereocenters. The van der Waals surface area contributed by atoms with Crippen molar-refractivity contribution in [3.05, 3.63) is 29.3 Å². The van der Waals surface area contributed by atoms with Gasteiger partial charge in [0.05, 0.1) is 6.61 Å². The maximum atomic E-state index is 5.55. The molecule has 23 heavy (non-hydrogen) atoms. The van der Waals surface area contributed by atoms with Gasteiger partial charge in [-0.1, -0.05) is 12.1 Å². The minimum absolute atomic E-state index is 0. The zero-order valence-corrected chi connectivity index (χ0v) is 17.2. The third-order valence-corrected chi connectivity index (χ3v) is 4.28. The van der Waals surface area contributed by atoms with Gasteiger partial charge in [-0.3, -0.25) is 4.99 Å². The number of rotatable bonds is 8. The van der Waals surface area contributed by atoms with E-state index in [9.17, 15) is 0 Å². The fraction of sp³-hybridized carbons (Fsp3) is 0.588. The lowest BCUT2D eigenvalue weighted by Crippen LogP contribution is -2.38. The maximum absolute atomic E-state index is 5.55. The van der Waals surface area contributed by atoms with E-state index in [-0.39, 0.29) is 24.0 Å². The lowest BCUT2D eigenvalue weighted by atomic mass is 10.1. The minimum Gasteiger partial charge on any atom is -0.493 e. The molecular formula is C17H28IN3OS. The molecule has 2 rings (SSSR count). The Bertz CT molecular complexity index is 497. The van der Waals surface area contributed by atoms with Crippen molar-refractivity contribution >= 4 is 41.7 Å². The summed E-state index contributed by atoms with van der Waals surface area (Å²) >= 11 is 1.87. The van der Waals surface area contributed by atoms with Crippen LogP contribution in [0.15, 0.2) is 23.2 Å². The number of ether oxygens (including phenoxy) is 1. The minimum atomic E-state index is 0. The van der Waals surface area contributed by atoms with Gasteiger partial charge in [0, 0.05) is 26.1 Å². The summed E-state index contributed by atoms with van der Waals surface area (Å²) in [6, 6.07) is 6.53. The molecule has 0 aliphatic carbocycles. The monoisotopic (exact) mass is 449 g/mol. The van der Waals surface area contributed by atoms with Crippen LogP contribution < -0.4 is 15.4 Å². The second kappa shape index (κ2) is 11.8. The summed E-state index contributed by atoms with van der Waals surface area (Å²) in [4.78, 5) is 4.60. The predicted molar refractivity (Wildman–Crippen MR) is 112 cm³/mol. The lowest BCUT2D eigenvalue weighted by Gasteiger charge is -2.11. The molecule has 0 fully saturated rings. The van der Waals surface area contributed by atoms with E-state index in [4.69, 9.17) is 4.74 Å². The van der Waals surface area contributed by atoms with E-state index < -0.39 is 0 Å². The van der Waals surface area contributed by atoms with Crippen molar-refractivity contribution < 1.29 is 4.74 Å². The quantitative estimate of drug-likeness (QED) is 0.277. The number of fused-ring (bicyclic) bond motifs is 1. The van der Waals surface area contributed by atoms with Crippen molar-refractivity contribution in [2.75, 3.05) is 38.2 Å². The Balaban J connectivity index is 0.00000264. The van der Waals surface area contributed by atoms with Crippen LogP contribution in [0.2, 0.25) is 0 Å². The standard InChI is InChI=1S/C17H27N3OS.HI/c1-3-18-17(19-9-4-12-22-2)20-10-7-14-5-6-16-15(13-14)8-11-21-16;/h5-6,13H,3-4,7-12H2,1-2H3,(H2,18,19,20);1H. The number of halogens is 1. The molecule has 0 saturated carbocycles. The first-order chi connectivity index (χ1) is 10.8.